The maximum Gasteiger partial charge on any atom is 0.310 e. The first-order chi connectivity index (χ1) is 10.3. The molecule has 1 aliphatic rings. The van der Waals surface area contributed by atoms with Crippen molar-refractivity contribution >= 4 is 11.9 Å². The van der Waals surface area contributed by atoms with E-state index in [9.17, 15) is 9.59 Å². The molecule has 0 aromatic heterocycles. The summed E-state index contributed by atoms with van der Waals surface area (Å²) in [5.74, 6) is -0.478. The van der Waals surface area contributed by atoms with E-state index in [1.54, 1.807) is 13.8 Å². The number of carbonyl (C=O) groups is 2. The SMILES string of the molecule is CCC[C@@H]1CN(C)CCCCC1C(=O)NCC(C)(C)C(=O)O. The quantitative estimate of drug-likeness (QED) is 0.790. The van der Waals surface area contributed by atoms with Crippen molar-refractivity contribution in [3.63, 3.8) is 0 Å². The van der Waals surface area contributed by atoms with Crippen molar-refractivity contribution in [1.82, 2.24) is 10.2 Å². The van der Waals surface area contributed by atoms with E-state index in [4.69, 9.17) is 5.11 Å². The van der Waals surface area contributed by atoms with E-state index in [1.165, 1.54) is 0 Å². The zero-order valence-electron chi connectivity index (χ0n) is 14.5. The number of nitrogens with zero attached hydrogens (tertiary/aromatic N) is 1. The molecule has 0 radical (unpaired) electrons. The molecule has 2 N–H and O–H groups in total. The van der Waals surface area contributed by atoms with Gasteiger partial charge < -0.3 is 15.3 Å². The van der Waals surface area contributed by atoms with E-state index >= 15 is 0 Å². The summed E-state index contributed by atoms with van der Waals surface area (Å²) in [6.45, 7) is 7.68. The number of aliphatic carboxylic acids is 1. The van der Waals surface area contributed by atoms with Gasteiger partial charge in [0.15, 0.2) is 0 Å². The number of hydrogen-bond acceptors (Lipinski definition) is 3. The Hall–Kier alpha value is -1.10. The van der Waals surface area contributed by atoms with Gasteiger partial charge in [-0.05, 0) is 52.6 Å². The zero-order valence-corrected chi connectivity index (χ0v) is 14.5. The molecule has 1 heterocycles. The van der Waals surface area contributed by atoms with Gasteiger partial charge in [-0.3, -0.25) is 9.59 Å². The molecule has 128 valence electrons. The Kier molecular flexibility index (Phi) is 7.33. The van der Waals surface area contributed by atoms with Crippen LogP contribution in [0.3, 0.4) is 0 Å². The highest BCUT2D eigenvalue weighted by molar-refractivity contribution is 5.80. The second-order valence-electron chi connectivity index (χ2n) is 7.32. The molecule has 0 spiro atoms. The van der Waals surface area contributed by atoms with Crippen LogP contribution >= 0.6 is 0 Å². The van der Waals surface area contributed by atoms with E-state index in [2.05, 4.69) is 24.2 Å². The maximum atomic E-state index is 12.6. The van der Waals surface area contributed by atoms with Crippen molar-refractivity contribution in [2.45, 2.75) is 52.9 Å². The molecule has 1 amide bonds. The van der Waals surface area contributed by atoms with Crippen LogP contribution in [0.15, 0.2) is 0 Å². The molecule has 0 aromatic carbocycles. The van der Waals surface area contributed by atoms with Gasteiger partial charge in [-0.1, -0.05) is 19.8 Å². The van der Waals surface area contributed by atoms with Crippen LogP contribution < -0.4 is 5.32 Å². The summed E-state index contributed by atoms with van der Waals surface area (Å²) in [6, 6.07) is 0. The van der Waals surface area contributed by atoms with Crippen LogP contribution in [0.5, 0.6) is 0 Å². The largest absolute Gasteiger partial charge is 0.481 e. The number of likely N-dealkylation sites (tertiary alicyclic amines) is 1. The number of carbonyl (C=O) groups excluding carboxylic acids is 1. The van der Waals surface area contributed by atoms with Crippen molar-refractivity contribution in [3.8, 4) is 0 Å². The standard InChI is InChI=1S/C17H32N2O3/c1-5-8-13-11-19(4)10-7-6-9-14(13)15(20)18-12-17(2,3)16(21)22/h13-14H,5-12H2,1-4H3,(H,18,20)(H,21,22)/t13-,14?/m1/s1. The van der Waals surface area contributed by atoms with Crippen molar-refractivity contribution in [2.75, 3.05) is 26.7 Å². The minimum absolute atomic E-state index is 0.00675. The molecule has 1 unspecified atom stereocenters. The van der Waals surface area contributed by atoms with E-state index < -0.39 is 11.4 Å². The van der Waals surface area contributed by atoms with Gasteiger partial charge in [0.2, 0.25) is 5.91 Å². The number of amides is 1. The fourth-order valence-electron chi connectivity index (χ4n) is 3.12. The van der Waals surface area contributed by atoms with Gasteiger partial charge in [0.05, 0.1) is 5.41 Å². The number of carboxylic acid groups (broad SMARTS) is 1. The van der Waals surface area contributed by atoms with Crippen LogP contribution in [0.25, 0.3) is 0 Å². The number of hydrogen-bond donors (Lipinski definition) is 2. The average Bonchev–Trinajstić information content (AvgIpc) is 2.42. The first kappa shape index (κ1) is 18.9. The monoisotopic (exact) mass is 312 g/mol. The number of carboxylic acids is 1. The Bertz CT molecular complexity index is 382. The summed E-state index contributed by atoms with van der Waals surface area (Å²) >= 11 is 0. The van der Waals surface area contributed by atoms with Crippen molar-refractivity contribution in [2.24, 2.45) is 17.3 Å². The third-order valence-electron chi connectivity index (χ3n) is 4.70. The Labute approximate surface area is 134 Å². The van der Waals surface area contributed by atoms with Crippen molar-refractivity contribution in [3.05, 3.63) is 0 Å². The molecule has 5 heteroatoms. The molecule has 1 fully saturated rings. The predicted molar refractivity (Wildman–Crippen MR) is 87.7 cm³/mol. The molecule has 0 aromatic rings. The summed E-state index contributed by atoms with van der Waals surface area (Å²) in [6.07, 6.45) is 5.22. The second kappa shape index (κ2) is 8.51. The van der Waals surface area contributed by atoms with E-state index in [0.29, 0.717) is 5.92 Å². The van der Waals surface area contributed by atoms with Crippen LogP contribution in [-0.2, 0) is 9.59 Å². The molecular formula is C17H32N2O3. The highest BCUT2D eigenvalue weighted by Gasteiger charge is 2.32. The van der Waals surface area contributed by atoms with Gasteiger partial charge >= 0.3 is 5.97 Å². The maximum absolute atomic E-state index is 12.6. The highest BCUT2D eigenvalue weighted by atomic mass is 16.4. The van der Waals surface area contributed by atoms with Crippen LogP contribution in [0.1, 0.15) is 52.9 Å². The Morgan fingerprint density at radius 1 is 1.32 bits per heavy atom. The lowest BCUT2D eigenvalue weighted by molar-refractivity contribution is -0.147. The number of rotatable bonds is 6. The first-order valence-electron chi connectivity index (χ1n) is 8.47. The smallest absolute Gasteiger partial charge is 0.310 e. The molecule has 0 bridgehead atoms. The average molecular weight is 312 g/mol. The molecule has 1 rings (SSSR count). The Morgan fingerprint density at radius 3 is 2.59 bits per heavy atom. The van der Waals surface area contributed by atoms with Crippen LogP contribution in [-0.4, -0.2) is 48.6 Å². The molecule has 22 heavy (non-hydrogen) atoms. The molecule has 2 atom stereocenters. The van der Waals surface area contributed by atoms with E-state index in [0.717, 1.165) is 45.2 Å². The summed E-state index contributed by atoms with van der Waals surface area (Å²) in [7, 11) is 2.12. The van der Waals surface area contributed by atoms with Crippen LogP contribution in [0, 0.1) is 17.3 Å². The minimum Gasteiger partial charge on any atom is -0.481 e. The zero-order chi connectivity index (χ0) is 16.8. The van der Waals surface area contributed by atoms with Gasteiger partial charge in [0.25, 0.3) is 0 Å². The Morgan fingerprint density at radius 2 is 2.00 bits per heavy atom. The molecule has 1 aliphatic heterocycles. The minimum atomic E-state index is -0.922. The summed E-state index contributed by atoms with van der Waals surface area (Å²) in [5.41, 5.74) is -0.922. The van der Waals surface area contributed by atoms with Gasteiger partial charge in [-0.15, -0.1) is 0 Å². The van der Waals surface area contributed by atoms with Crippen LogP contribution in [0.2, 0.25) is 0 Å². The molecular weight excluding hydrogens is 280 g/mol. The van der Waals surface area contributed by atoms with Crippen LogP contribution in [0.4, 0.5) is 0 Å². The van der Waals surface area contributed by atoms with E-state index in [-0.39, 0.29) is 18.4 Å². The fourth-order valence-corrected chi connectivity index (χ4v) is 3.12. The summed E-state index contributed by atoms with van der Waals surface area (Å²) < 4.78 is 0. The van der Waals surface area contributed by atoms with Gasteiger partial charge in [-0.2, -0.15) is 0 Å². The predicted octanol–water partition coefficient (Wildman–Crippen LogP) is 2.36. The third kappa shape index (κ3) is 5.59. The van der Waals surface area contributed by atoms with E-state index in [1.807, 2.05) is 0 Å². The second-order valence-corrected chi connectivity index (χ2v) is 7.32. The van der Waals surface area contributed by atoms with Gasteiger partial charge in [0.1, 0.15) is 0 Å². The van der Waals surface area contributed by atoms with Crippen molar-refractivity contribution in [1.29, 1.82) is 0 Å². The number of nitrogens with one attached hydrogen (secondary N) is 1. The lowest BCUT2D eigenvalue weighted by Gasteiger charge is -2.33. The molecule has 0 saturated carbocycles. The first-order valence-corrected chi connectivity index (χ1v) is 8.47. The van der Waals surface area contributed by atoms with Gasteiger partial charge in [-0.25, -0.2) is 0 Å². The highest BCUT2D eigenvalue weighted by Crippen LogP contribution is 2.27. The summed E-state index contributed by atoms with van der Waals surface area (Å²) in [4.78, 5) is 26.1. The normalized spacial score (nSPS) is 24.4. The fraction of sp³-hybridized carbons (Fsp3) is 0.882. The Balaban J connectivity index is 2.70. The van der Waals surface area contributed by atoms with Crippen molar-refractivity contribution < 1.29 is 14.7 Å². The lowest BCUT2D eigenvalue weighted by Crippen LogP contribution is -2.45. The molecule has 0 aliphatic carbocycles. The lowest BCUT2D eigenvalue weighted by atomic mass is 9.82. The molecule has 1 saturated heterocycles. The third-order valence-corrected chi connectivity index (χ3v) is 4.70. The summed E-state index contributed by atoms with van der Waals surface area (Å²) in [5, 5.41) is 12.0. The molecule has 5 nitrogen and oxygen atoms in total. The van der Waals surface area contributed by atoms with Gasteiger partial charge in [0, 0.05) is 19.0 Å². The topological polar surface area (TPSA) is 69.6 Å².